The maximum absolute atomic E-state index is 12.4. The van der Waals surface area contributed by atoms with Crippen LogP contribution in [-0.2, 0) is 27.1 Å². The minimum absolute atomic E-state index is 0.0983. The number of rotatable bonds is 4. The molecule has 1 heterocycles. The van der Waals surface area contributed by atoms with Crippen molar-refractivity contribution >= 4 is 15.9 Å². The van der Waals surface area contributed by atoms with E-state index in [-0.39, 0.29) is 18.2 Å². The molecule has 1 amide bonds. The second-order valence-electron chi connectivity index (χ2n) is 4.82. The van der Waals surface area contributed by atoms with Gasteiger partial charge in [-0.15, -0.1) is 0 Å². The molecule has 2 rings (SSSR count). The first-order chi connectivity index (χ1) is 9.51. The number of benzene rings is 1. The molecule has 0 radical (unpaired) electrons. The Balaban J connectivity index is 2.15. The molecule has 110 valence electrons. The Morgan fingerprint density at radius 3 is 2.80 bits per heavy atom. The van der Waals surface area contributed by atoms with Gasteiger partial charge in [0, 0.05) is 19.6 Å². The summed E-state index contributed by atoms with van der Waals surface area (Å²) in [6.45, 7) is 1.17. The summed E-state index contributed by atoms with van der Waals surface area (Å²) in [5.74, 6) is -0.351. The van der Waals surface area contributed by atoms with E-state index < -0.39 is 10.0 Å². The molecule has 0 aromatic heterocycles. The monoisotopic (exact) mass is 297 g/mol. The summed E-state index contributed by atoms with van der Waals surface area (Å²) in [5.41, 5.74) is 7.14. The van der Waals surface area contributed by atoms with Crippen molar-refractivity contribution in [3.8, 4) is 0 Å². The van der Waals surface area contributed by atoms with E-state index in [9.17, 15) is 13.2 Å². The van der Waals surface area contributed by atoms with Gasteiger partial charge in [-0.1, -0.05) is 24.3 Å². The molecule has 1 aromatic rings. The molecule has 0 saturated carbocycles. The van der Waals surface area contributed by atoms with Crippen LogP contribution in [-0.4, -0.2) is 38.3 Å². The third-order valence-corrected chi connectivity index (χ3v) is 4.99. The van der Waals surface area contributed by atoms with Gasteiger partial charge in [-0.3, -0.25) is 4.79 Å². The number of hydrogen-bond donors (Lipinski definition) is 2. The van der Waals surface area contributed by atoms with E-state index in [2.05, 4.69) is 5.32 Å². The maximum Gasteiger partial charge on any atom is 0.235 e. The molecule has 0 atom stereocenters. The fourth-order valence-corrected chi connectivity index (χ4v) is 3.67. The van der Waals surface area contributed by atoms with Crippen LogP contribution < -0.4 is 11.1 Å². The highest BCUT2D eigenvalue weighted by atomic mass is 32.2. The summed E-state index contributed by atoms with van der Waals surface area (Å²) in [5, 5.41) is 2.67. The molecule has 0 unspecified atom stereocenters. The molecule has 1 aliphatic heterocycles. The zero-order chi connectivity index (χ0) is 14.6. The molecule has 0 aliphatic carbocycles. The minimum Gasteiger partial charge on any atom is -0.355 e. The van der Waals surface area contributed by atoms with Crippen LogP contribution in [0.4, 0.5) is 0 Å². The molecular weight excluding hydrogens is 278 g/mol. The highest BCUT2D eigenvalue weighted by molar-refractivity contribution is 7.88. The topological polar surface area (TPSA) is 92.5 Å². The second kappa shape index (κ2) is 6.34. The number of nitrogens with one attached hydrogen (secondary N) is 1. The van der Waals surface area contributed by atoms with Crippen LogP contribution in [0.15, 0.2) is 24.3 Å². The van der Waals surface area contributed by atoms with Crippen LogP contribution in [0.5, 0.6) is 0 Å². The number of carbonyl (C=O) groups is 1. The van der Waals surface area contributed by atoms with Crippen molar-refractivity contribution < 1.29 is 13.2 Å². The van der Waals surface area contributed by atoms with Crippen molar-refractivity contribution in [3.63, 3.8) is 0 Å². The van der Waals surface area contributed by atoms with Gasteiger partial charge in [-0.25, -0.2) is 8.42 Å². The average molecular weight is 297 g/mol. The Hall–Kier alpha value is -1.44. The highest BCUT2D eigenvalue weighted by Crippen LogP contribution is 2.14. The summed E-state index contributed by atoms with van der Waals surface area (Å²) in [6.07, 6.45) is 0.633. The lowest BCUT2D eigenvalue weighted by atomic mass is 10.1. The van der Waals surface area contributed by atoms with Gasteiger partial charge in [0.05, 0.1) is 12.3 Å². The Kier molecular flexibility index (Phi) is 4.74. The predicted molar refractivity (Wildman–Crippen MR) is 76.2 cm³/mol. The normalized spacial score (nSPS) is 17.6. The van der Waals surface area contributed by atoms with Gasteiger partial charge in [-0.05, 0) is 17.5 Å². The number of nitrogens with two attached hydrogens (primary N) is 1. The van der Waals surface area contributed by atoms with Crippen molar-refractivity contribution in [1.29, 1.82) is 0 Å². The predicted octanol–water partition coefficient (Wildman–Crippen LogP) is -0.203. The molecule has 1 aromatic carbocycles. The first-order valence-corrected chi connectivity index (χ1v) is 8.14. The summed E-state index contributed by atoms with van der Waals surface area (Å²) in [6, 6.07) is 7.20. The van der Waals surface area contributed by atoms with Crippen molar-refractivity contribution in [2.75, 3.05) is 19.6 Å². The Labute approximate surface area is 119 Å². The molecule has 1 aliphatic rings. The smallest absolute Gasteiger partial charge is 0.235 e. The number of nitrogens with zero attached hydrogens (tertiary/aromatic N) is 1. The Morgan fingerprint density at radius 1 is 1.30 bits per heavy atom. The molecule has 20 heavy (non-hydrogen) atoms. The van der Waals surface area contributed by atoms with Gasteiger partial charge >= 0.3 is 0 Å². The molecule has 1 saturated heterocycles. The third kappa shape index (κ3) is 3.78. The largest absolute Gasteiger partial charge is 0.355 e. The van der Waals surface area contributed by atoms with Gasteiger partial charge in [0.15, 0.2) is 0 Å². The van der Waals surface area contributed by atoms with Gasteiger partial charge in [0.25, 0.3) is 0 Å². The minimum atomic E-state index is -3.49. The summed E-state index contributed by atoms with van der Waals surface area (Å²) < 4.78 is 26.0. The standard InChI is InChI=1S/C13H19N3O3S/c14-8-11-3-1-4-12(7-11)10-20(18,19)16-6-2-5-15-13(17)9-16/h1,3-4,7H,2,5-6,8-10,14H2,(H,15,17). The quantitative estimate of drug-likeness (QED) is 0.805. The molecule has 0 spiro atoms. The van der Waals surface area contributed by atoms with Gasteiger partial charge in [-0.2, -0.15) is 4.31 Å². The third-order valence-electron chi connectivity index (χ3n) is 3.20. The maximum atomic E-state index is 12.4. The van der Waals surface area contributed by atoms with Crippen molar-refractivity contribution in [2.45, 2.75) is 18.7 Å². The average Bonchev–Trinajstić information content (AvgIpc) is 2.63. The number of hydrogen-bond acceptors (Lipinski definition) is 4. The molecule has 6 nitrogen and oxygen atoms in total. The lowest BCUT2D eigenvalue weighted by Gasteiger charge is -2.18. The van der Waals surface area contributed by atoms with E-state index in [1.165, 1.54) is 4.31 Å². The molecule has 3 N–H and O–H groups in total. The first kappa shape index (κ1) is 15.0. The van der Waals surface area contributed by atoms with Gasteiger partial charge in [0.1, 0.15) is 0 Å². The SMILES string of the molecule is NCc1cccc(CS(=O)(=O)N2CCCNC(=O)C2)c1. The van der Waals surface area contributed by atoms with Gasteiger partial charge < -0.3 is 11.1 Å². The molecular formula is C13H19N3O3S. The van der Waals surface area contributed by atoms with E-state index in [4.69, 9.17) is 5.73 Å². The fraction of sp³-hybridized carbons (Fsp3) is 0.462. The molecule has 1 fully saturated rings. The first-order valence-electron chi connectivity index (χ1n) is 6.53. The van der Waals surface area contributed by atoms with Crippen LogP contribution in [0.1, 0.15) is 17.5 Å². The van der Waals surface area contributed by atoms with Crippen molar-refractivity contribution in [2.24, 2.45) is 5.73 Å². The van der Waals surface area contributed by atoms with E-state index in [0.717, 1.165) is 5.56 Å². The van der Waals surface area contributed by atoms with Crippen LogP contribution in [0.25, 0.3) is 0 Å². The summed E-state index contributed by atoms with van der Waals surface area (Å²) in [7, 11) is -3.49. The van der Waals surface area contributed by atoms with Crippen molar-refractivity contribution in [3.05, 3.63) is 35.4 Å². The van der Waals surface area contributed by atoms with Crippen LogP contribution in [0.2, 0.25) is 0 Å². The second-order valence-corrected chi connectivity index (χ2v) is 6.79. The van der Waals surface area contributed by atoms with Crippen LogP contribution in [0.3, 0.4) is 0 Å². The van der Waals surface area contributed by atoms with Gasteiger partial charge in [0.2, 0.25) is 15.9 Å². The van der Waals surface area contributed by atoms with E-state index in [1.807, 2.05) is 6.07 Å². The lowest BCUT2D eigenvalue weighted by molar-refractivity contribution is -0.120. The fourth-order valence-electron chi connectivity index (χ4n) is 2.16. The number of carbonyl (C=O) groups excluding carboxylic acids is 1. The zero-order valence-corrected chi connectivity index (χ0v) is 12.0. The summed E-state index contributed by atoms with van der Waals surface area (Å²) >= 11 is 0. The molecule has 0 bridgehead atoms. The van der Waals surface area contributed by atoms with Crippen LogP contribution >= 0.6 is 0 Å². The summed E-state index contributed by atoms with van der Waals surface area (Å²) in [4.78, 5) is 11.5. The number of amides is 1. The Bertz CT molecular complexity index is 586. The van der Waals surface area contributed by atoms with Crippen LogP contribution in [0, 0.1) is 0 Å². The van der Waals surface area contributed by atoms with E-state index in [0.29, 0.717) is 31.6 Å². The van der Waals surface area contributed by atoms with E-state index >= 15 is 0 Å². The number of sulfonamides is 1. The van der Waals surface area contributed by atoms with E-state index in [1.54, 1.807) is 18.2 Å². The highest BCUT2D eigenvalue weighted by Gasteiger charge is 2.26. The Morgan fingerprint density at radius 2 is 2.05 bits per heavy atom. The lowest BCUT2D eigenvalue weighted by Crippen LogP contribution is -2.38. The zero-order valence-electron chi connectivity index (χ0n) is 11.2. The van der Waals surface area contributed by atoms with Crippen molar-refractivity contribution in [1.82, 2.24) is 9.62 Å². The molecule has 7 heteroatoms.